The maximum absolute atomic E-state index is 13.3. The number of hydrogen-bond donors (Lipinski definition) is 0. The summed E-state index contributed by atoms with van der Waals surface area (Å²) >= 11 is 1.44. The molecule has 4 nitrogen and oxygen atoms in total. The molecule has 0 spiro atoms. The van der Waals surface area contributed by atoms with E-state index in [9.17, 15) is 9.18 Å². The Bertz CT molecular complexity index is 730. The lowest BCUT2D eigenvalue weighted by Crippen LogP contribution is -2.38. The second-order valence-corrected chi connectivity index (χ2v) is 6.66. The van der Waals surface area contributed by atoms with Gasteiger partial charge in [0.2, 0.25) is 0 Å². The van der Waals surface area contributed by atoms with Gasteiger partial charge in [-0.2, -0.15) is 0 Å². The molecule has 1 aromatic carbocycles. The van der Waals surface area contributed by atoms with E-state index < -0.39 is 0 Å². The fourth-order valence-electron chi connectivity index (χ4n) is 2.71. The number of carbonyl (C=O) groups excluding carboxylic acids is 1. The molecule has 0 aliphatic carbocycles. The zero-order valence-corrected chi connectivity index (χ0v) is 14.3. The maximum Gasteiger partial charge on any atom is 0.264 e. The molecule has 24 heavy (non-hydrogen) atoms. The molecule has 0 radical (unpaired) electrons. The monoisotopic (exact) mass is 346 g/mol. The van der Waals surface area contributed by atoms with Gasteiger partial charge in [-0.15, -0.1) is 11.3 Å². The van der Waals surface area contributed by atoms with Crippen molar-refractivity contribution in [3.8, 4) is 0 Å². The number of thiophene rings is 1. The number of rotatable bonds is 6. The summed E-state index contributed by atoms with van der Waals surface area (Å²) in [7, 11) is 0. The van der Waals surface area contributed by atoms with Gasteiger partial charge < -0.3 is 9.74 Å². The average Bonchev–Trinajstić information content (AvgIpc) is 3.26. The second-order valence-electron chi connectivity index (χ2n) is 5.71. The van der Waals surface area contributed by atoms with Crippen LogP contribution in [0.2, 0.25) is 0 Å². The molecule has 1 atom stereocenters. The molecule has 126 valence electrons. The highest BCUT2D eigenvalue weighted by Crippen LogP contribution is 2.20. The summed E-state index contributed by atoms with van der Waals surface area (Å²) in [4.78, 5) is 20.6. The molecule has 1 aliphatic rings. The smallest absolute Gasteiger partial charge is 0.264 e. The number of amides is 1. The molecule has 6 heteroatoms. The summed E-state index contributed by atoms with van der Waals surface area (Å²) in [6.45, 7) is 3.19. The lowest BCUT2D eigenvalue weighted by atomic mass is 10.0. The molecule has 0 unspecified atom stereocenters. The van der Waals surface area contributed by atoms with Gasteiger partial charge >= 0.3 is 0 Å². The quantitative estimate of drug-likeness (QED) is 0.795. The van der Waals surface area contributed by atoms with E-state index in [1.165, 1.54) is 23.5 Å². The number of nitrogens with zero attached hydrogens (tertiary/aromatic N) is 2. The zero-order chi connectivity index (χ0) is 16.9. The topological polar surface area (TPSA) is 41.9 Å². The highest BCUT2D eigenvalue weighted by atomic mass is 32.1. The van der Waals surface area contributed by atoms with Crippen LogP contribution >= 0.6 is 11.3 Å². The van der Waals surface area contributed by atoms with Gasteiger partial charge in [-0.25, -0.2) is 4.39 Å². The standard InChI is InChI=1S/C18H19FN2O2S/c1-2-8-21(18(22)17-7-4-9-24-17)12-15-11-16(20-23-15)13-5-3-6-14(19)10-13/h3-7,9-10,15H,2,8,11-12H2,1H3/t15-/m0/s1. The number of halogens is 1. The molecular formula is C18H19FN2O2S. The predicted molar refractivity (Wildman–Crippen MR) is 92.9 cm³/mol. The number of hydrogen-bond acceptors (Lipinski definition) is 4. The summed E-state index contributed by atoms with van der Waals surface area (Å²) in [5.41, 5.74) is 1.45. The van der Waals surface area contributed by atoms with Crippen molar-refractivity contribution in [1.29, 1.82) is 0 Å². The van der Waals surface area contributed by atoms with Crippen LogP contribution < -0.4 is 0 Å². The summed E-state index contributed by atoms with van der Waals surface area (Å²) in [6.07, 6.45) is 1.25. The first-order valence-corrected chi connectivity index (χ1v) is 8.86. The third kappa shape index (κ3) is 3.82. The van der Waals surface area contributed by atoms with Crippen LogP contribution in [0.4, 0.5) is 4.39 Å². The zero-order valence-electron chi connectivity index (χ0n) is 13.4. The van der Waals surface area contributed by atoms with Gasteiger partial charge in [-0.1, -0.05) is 30.3 Å². The summed E-state index contributed by atoms with van der Waals surface area (Å²) < 4.78 is 13.3. The van der Waals surface area contributed by atoms with Gasteiger partial charge in [0.05, 0.1) is 17.1 Å². The van der Waals surface area contributed by atoms with E-state index in [4.69, 9.17) is 4.84 Å². The molecule has 0 bridgehead atoms. The van der Waals surface area contributed by atoms with Crippen molar-refractivity contribution >= 4 is 23.0 Å². The normalized spacial score (nSPS) is 16.6. The summed E-state index contributed by atoms with van der Waals surface area (Å²) in [6, 6.07) is 10.0. The molecule has 2 heterocycles. The molecule has 2 aromatic rings. The minimum absolute atomic E-state index is 0.0228. The lowest BCUT2D eigenvalue weighted by Gasteiger charge is -2.23. The summed E-state index contributed by atoms with van der Waals surface area (Å²) in [5, 5.41) is 5.98. The van der Waals surface area contributed by atoms with Crippen LogP contribution in [0.25, 0.3) is 0 Å². The van der Waals surface area contributed by atoms with Crippen molar-refractivity contribution in [1.82, 2.24) is 4.90 Å². The summed E-state index contributed by atoms with van der Waals surface area (Å²) in [5.74, 6) is -0.270. The van der Waals surface area contributed by atoms with Gasteiger partial charge in [0.25, 0.3) is 5.91 Å². The van der Waals surface area contributed by atoms with Gasteiger partial charge in [0.15, 0.2) is 6.10 Å². The van der Waals surface area contributed by atoms with Gasteiger partial charge in [0, 0.05) is 18.5 Å². The van der Waals surface area contributed by atoms with Crippen molar-refractivity contribution in [2.75, 3.05) is 13.1 Å². The van der Waals surface area contributed by atoms with Gasteiger partial charge in [-0.05, 0) is 30.0 Å². The van der Waals surface area contributed by atoms with Crippen LogP contribution in [0.15, 0.2) is 46.9 Å². The molecule has 0 saturated carbocycles. The highest BCUT2D eigenvalue weighted by molar-refractivity contribution is 7.12. The van der Waals surface area contributed by atoms with Crippen molar-refractivity contribution < 1.29 is 14.0 Å². The number of oxime groups is 1. The Hall–Kier alpha value is -2.21. The van der Waals surface area contributed by atoms with Crippen LogP contribution in [0.5, 0.6) is 0 Å². The van der Waals surface area contributed by atoms with E-state index in [-0.39, 0.29) is 17.8 Å². The minimum Gasteiger partial charge on any atom is -0.390 e. The van der Waals surface area contributed by atoms with Crippen molar-refractivity contribution in [2.45, 2.75) is 25.9 Å². The molecular weight excluding hydrogens is 327 g/mol. The SMILES string of the molecule is CCCN(C[C@@H]1CC(c2cccc(F)c2)=NO1)C(=O)c1cccs1. The average molecular weight is 346 g/mol. The third-order valence-corrected chi connectivity index (χ3v) is 4.69. The Morgan fingerprint density at radius 2 is 2.29 bits per heavy atom. The van der Waals surface area contributed by atoms with Crippen molar-refractivity contribution in [2.24, 2.45) is 5.16 Å². The highest BCUT2D eigenvalue weighted by Gasteiger charge is 2.27. The molecule has 1 aromatic heterocycles. The van der Waals surface area contributed by atoms with Crippen LogP contribution in [0.3, 0.4) is 0 Å². The maximum atomic E-state index is 13.3. The van der Waals surface area contributed by atoms with Gasteiger partial charge in [0.1, 0.15) is 5.82 Å². The third-order valence-electron chi connectivity index (χ3n) is 3.83. The Labute approximate surface area is 144 Å². The molecule has 1 amide bonds. The first kappa shape index (κ1) is 16.6. The number of benzene rings is 1. The van der Waals surface area contributed by atoms with Gasteiger partial charge in [-0.3, -0.25) is 4.79 Å². The van der Waals surface area contributed by atoms with E-state index in [1.807, 2.05) is 30.5 Å². The Kier molecular flexibility index (Phi) is 5.25. The fourth-order valence-corrected chi connectivity index (χ4v) is 3.40. The van der Waals surface area contributed by atoms with E-state index in [0.29, 0.717) is 19.5 Å². The molecule has 0 saturated heterocycles. The van der Waals surface area contributed by atoms with Crippen molar-refractivity contribution in [3.63, 3.8) is 0 Å². The van der Waals surface area contributed by atoms with E-state index in [2.05, 4.69) is 5.16 Å². The lowest BCUT2D eigenvalue weighted by molar-refractivity contribution is 0.0426. The molecule has 0 N–H and O–H groups in total. The Morgan fingerprint density at radius 1 is 1.42 bits per heavy atom. The fraction of sp³-hybridized carbons (Fsp3) is 0.333. The minimum atomic E-state index is -0.292. The molecule has 3 rings (SSSR count). The van der Waals surface area contributed by atoms with E-state index in [1.54, 1.807) is 11.0 Å². The molecule has 1 aliphatic heterocycles. The van der Waals surface area contributed by atoms with Crippen molar-refractivity contribution in [3.05, 3.63) is 58.0 Å². The van der Waals surface area contributed by atoms with Crippen LogP contribution in [-0.2, 0) is 4.84 Å². The largest absolute Gasteiger partial charge is 0.390 e. The first-order chi connectivity index (χ1) is 11.7. The first-order valence-electron chi connectivity index (χ1n) is 7.98. The Balaban J connectivity index is 1.64. The van der Waals surface area contributed by atoms with Crippen LogP contribution in [-0.4, -0.2) is 35.7 Å². The predicted octanol–water partition coefficient (Wildman–Crippen LogP) is 3.93. The number of carbonyl (C=O) groups is 1. The van der Waals surface area contributed by atoms with Crippen LogP contribution in [0, 0.1) is 5.82 Å². The second kappa shape index (κ2) is 7.57. The molecule has 0 fully saturated rings. The van der Waals surface area contributed by atoms with E-state index in [0.717, 1.165) is 22.6 Å². The Morgan fingerprint density at radius 3 is 3.00 bits per heavy atom. The van der Waals surface area contributed by atoms with Crippen LogP contribution in [0.1, 0.15) is 35.0 Å². The van der Waals surface area contributed by atoms with E-state index >= 15 is 0 Å².